The Kier molecular flexibility index (Phi) is 4.51. The molecule has 0 saturated carbocycles. The predicted molar refractivity (Wildman–Crippen MR) is 106 cm³/mol. The number of benzene rings is 3. The summed E-state index contributed by atoms with van der Waals surface area (Å²) >= 11 is 0. The minimum atomic E-state index is -0.0942. The average molecular weight is 356 g/mol. The van der Waals surface area contributed by atoms with Crippen molar-refractivity contribution in [1.29, 1.82) is 0 Å². The molecule has 0 saturated heterocycles. The molecule has 1 aliphatic rings. The zero-order valence-electron chi connectivity index (χ0n) is 15.4. The van der Waals surface area contributed by atoms with Crippen LogP contribution >= 0.6 is 0 Å². The van der Waals surface area contributed by atoms with Crippen LogP contribution in [0.15, 0.2) is 72.5 Å². The first-order valence-corrected chi connectivity index (χ1v) is 8.93. The van der Waals surface area contributed by atoms with Crippen molar-refractivity contribution in [1.82, 2.24) is 0 Å². The van der Waals surface area contributed by atoms with Crippen LogP contribution in [0.1, 0.15) is 32.6 Å². The summed E-state index contributed by atoms with van der Waals surface area (Å²) in [5, 5.41) is 0. The van der Waals surface area contributed by atoms with Crippen LogP contribution in [0.3, 0.4) is 0 Å². The van der Waals surface area contributed by atoms with E-state index in [0.29, 0.717) is 23.7 Å². The summed E-state index contributed by atoms with van der Waals surface area (Å²) in [5.41, 5.74) is 4.63. The van der Waals surface area contributed by atoms with Gasteiger partial charge in [-0.25, -0.2) is 0 Å². The fourth-order valence-corrected chi connectivity index (χ4v) is 3.07. The smallest absolute Gasteiger partial charge is 0.231 e. The molecule has 0 fully saturated rings. The van der Waals surface area contributed by atoms with E-state index in [4.69, 9.17) is 9.47 Å². The Hall–Kier alpha value is -3.33. The summed E-state index contributed by atoms with van der Waals surface area (Å²) in [6.45, 7) is 4.42. The Morgan fingerprint density at radius 3 is 2.41 bits per heavy atom. The number of ether oxygens (including phenoxy) is 2. The lowest BCUT2D eigenvalue weighted by Crippen LogP contribution is -1.98. The summed E-state index contributed by atoms with van der Waals surface area (Å²) in [5.74, 6) is 1.56. The van der Waals surface area contributed by atoms with Crippen molar-refractivity contribution in [3.63, 3.8) is 0 Å². The molecule has 0 unspecified atom stereocenters. The van der Waals surface area contributed by atoms with E-state index in [2.05, 4.69) is 0 Å². The first-order chi connectivity index (χ1) is 13.1. The van der Waals surface area contributed by atoms with E-state index >= 15 is 0 Å². The second-order valence-electron chi connectivity index (χ2n) is 6.69. The van der Waals surface area contributed by atoms with Crippen molar-refractivity contribution in [3.05, 3.63) is 100 Å². The standard InChI is InChI=1S/C24H20O3/c1-16-8-10-18(11-9-16)14-22-23(25)20-12-13-21(17(2)24(20)27-22)26-15-19-6-4-3-5-7-19/h3-14H,15H2,1-2H3/b22-14-. The van der Waals surface area contributed by atoms with E-state index < -0.39 is 0 Å². The Morgan fingerprint density at radius 2 is 1.67 bits per heavy atom. The van der Waals surface area contributed by atoms with Gasteiger partial charge in [0.15, 0.2) is 5.76 Å². The summed E-state index contributed by atoms with van der Waals surface area (Å²) in [6, 6.07) is 21.6. The molecule has 134 valence electrons. The molecule has 27 heavy (non-hydrogen) atoms. The normalized spacial score (nSPS) is 14.1. The van der Waals surface area contributed by atoms with Gasteiger partial charge in [-0.05, 0) is 43.2 Å². The van der Waals surface area contributed by atoms with Crippen LogP contribution in [0.25, 0.3) is 6.08 Å². The molecule has 4 rings (SSSR count). The maximum Gasteiger partial charge on any atom is 0.231 e. The van der Waals surface area contributed by atoms with Crippen LogP contribution in [0.2, 0.25) is 0 Å². The minimum Gasteiger partial charge on any atom is -0.488 e. The highest BCUT2D eigenvalue weighted by Crippen LogP contribution is 2.39. The molecule has 0 aliphatic carbocycles. The number of hydrogen-bond donors (Lipinski definition) is 0. The topological polar surface area (TPSA) is 35.5 Å². The van der Waals surface area contributed by atoms with Gasteiger partial charge < -0.3 is 9.47 Å². The highest BCUT2D eigenvalue weighted by atomic mass is 16.5. The summed E-state index contributed by atoms with van der Waals surface area (Å²) in [4.78, 5) is 12.7. The second kappa shape index (κ2) is 7.12. The minimum absolute atomic E-state index is 0.0942. The first-order valence-electron chi connectivity index (χ1n) is 8.93. The van der Waals surface area contributed by atoms with Gasteiger partial charge in [0.05, 0.1) is 5.56 Å². The van der Waals surface area contributed by atoms with Gasteiger partial charge in [0.1, 0.15) is 18.1 Å². The van der Waals surface area contributed by atoms with Crippen molar-refractivity contribution in [3.8, 4) is 11.5 Å². The molecule has 0 aromatic heterocycles. The number of allylic oxidation sites excluding steroid dienone is 1. The van der Waals surface area contributed by atoms with Crippen LogP contribution in [0.5, 0.6) is 11.5 Å². The molecule has 0 amide bonds. The number of carbonyl (C=O) groups is 1. The lowest BCUT2D eigenvalue weighted by Gasteiger charge is -2.11. The van der Waals surface area contributed by atoms with Crippen molar-refractivity contribution in [2.45, 2.75) is 20.5 Å². The number of aryl methyl sites for hydroxylation is 1. The fraction of sp³-hybridized carbons (Fsp3) is 0.125. The van der Waals surface area contributed by atoms with Gasteiger partial charge in [-0.2, -0.15) is 0 Å². The number of fused-ring (bicyclic) bond motifs is 1. The SMILES string of the molecule is Cc1ccc(/C=C2\Oc3c(ccc(OCc4ccccc4)c3C)C2=O)cc1. The monoisotopic (exact) mass is 356 g/mol. The third kappa shape index (κ3) is 3.49. The van der Waals surface area contributed by atoms with Crippen LogP contribution in [-0.2, 0) is 6.61 Å². The quantitative estimate of drug-likeness (QED) is 0.579. The van der Waals surface area contributed by atoms with E-state index in [9.17, 15) is 4.79 Å². The maximum atomic E-state index is 12.7. The van der Waals surface area contributed by atoms with Crippen LogP contribution in [0.4, 0.5) is 0 Å². The van der Waals surface area contributed by atoms with Gasteiger partial charge >= 0.3 is 0 Å². The molecule has 3 aromatic carbocycles. The molecule has 0 bridgehead atoms. The molecule has 1 heterocycles. The molecule has 3 heteroatoms. The molecular formula is C24H20O3. The van der Waals surface area contributed by atoms with Gasteiger partial charge in [0, 0.05) is 5.56 Å². The molecule has 3 aromatic rings. The van der Waals surface area contributed by atoms with Crippen molar-refractivity contribution < 1.29 is 14.3 Å². The third-order valence-corrected chi connectivity index (χ3v) is 4.65. The highest BCUT2D eigenvalue weighted by molar-refractivity contribution is 6.14. The highest BCUT2D eigenvalue weighted by Gasteiger charge is 2.30. The molecule has 0 spiro atoms. The predicted octanol–water partition coefficient (Wildman–Crippen LogP) is 5.50. The van der Waals surface area contributed by atoms with Gasteiger partial charge in [-0.3, -0.25) is 4.79 Å². The van der Waals surface area contributed by atoms with Crippen LogP contribution < -0.4 is 9.47 Å². The van der Waals surface area contributed by atoms with E-state index in [-0.39, 0.29) is 5.78 Å². The Balaban J connectivity index is 1.58. The second-order valence-corrected chi connectivity index (χ2v) is 6.69. The lowest BCUT2D eigenvalue weighted by atomic mass is 10.1. The Labute approximate surface area is 158 Å². The largest absolute Gasteiger partial charge is 0.488 e. The van der Waals surface area contributed by atoms with Crippen molar-refractivity contribution in [2.75, 3.05) is 0 Å². The fourth-order valence-electron chi connectivity index (χ4n) is 3.07. The molecule has 0 radical (unpaired) electrons. The van der Waals surface area contributed by atoms with Gasteiger partial charge in [0.25, 0.3) is 0 Å². The molecule has 0 N–H and O–H groups in total. The molecular weight excluding hydrogens is 336 g/mol. The average Bonchev–Trinajstić information content (AvgIpc) is 3.00. The zero-order chi connectivity index (χ0) is 18.8. The number of carbonyl (C=O) groups excluding carboxylic acids is 1. The van der Waals surface area contributed by atoms with Crippen LogP contribution in [-0.4, -0.2) is 5.78 Å². The number of rotatable bonds is 4. The zero-order valence-corrected chi connectivity index (χ0v) is 15.4. The van der Waals surface area contributed by atoms with E-state index in [0.717, 1.165) is 22.4 Å². The van der Waals surface area contributed by atoms with E-state index in [1.807, 2.05) is 74.5 Å². The number of hydrogen-bond acceptors (Lipinski definition) is 3. The summed E-state index contributed by atoms with van der Waals surface area (Å²) < 4.78 is 11.8. The third-order valence-electron chi connectivity index (χ3n) is 4.65. The number of Topliss-reactive ketones (excluding diaryl/α,β-unsaturated/α-hetero) is 1. The van der Waals surface area contributed by atoms with Crippen molar-refractivity contribution in [2.24, 2.45) is 0 Å². The first kappa shape index (κ1) is 17.1. The maximum absolute atomic E-state index is 12.7. The lowest BCUT2D eigenvalue weighted by molar-refractivity contribution is 0.101. The summed E-state index contributed by atoms with van der Waals surface area (Å²) in [7, 11) is 0. The molecule has 0 atom stereocenters. The summed E-state index contributed by atoms with van der Waals surface area (Å²) in [6.07, 6.45) is 1.78. The van der Waals surface area contributed by atoms with Gasteiger partial charge in [-0.1, -0.05) is 60.2 Å². The van der Waals surface area contributed by atoms with E-state index in [1.165, 1.54) is 5.56 Å². The Morgan fingerprint density at radius 1 is 0.926 bits per heavy atom. The molecule has 1 aliphatic heterocycles. The van der Waals surface area contributed by atoms with E-state index in [1.54, 1.807) is 12.1 Å². The number of ketones is 1. The van der Waals surface area contributed by atoms with Crippen molar-refractivity contribution >= 4 is 11.9 Å². The Bertz CT molecular complexity index is 1020. The van der Waals surface area contributed by atoms with Gasteiger partial charge in [0.2, 0.25) is 5.78 Å². The molecule has 3 nitrogen and oxygen atoms in total. The van der Waals surface area contributed by atoms with Gasteiger partial charge in [-0.15, -0.1) is 0 Å². The van der Waals surface area contributed by atoms with Crippen LogP contribution in [0, 0.1) is 13.8 Å².